The summed E-state index contributed by atoms with van der Waals surface area (Å²) in [4.78, 5) is 37.0. The molecule has 0 N–H and O–H groups in total. The van der Waals surface area contributed by atoms with Crippen LogP contribution in [0.5, 0.6) is 0 Å². The zero-order valence-electron chi connectivity index (χ0n) is 42.2. The number of carboxylic acid groups (broad SMARTS) is 1. The highest BCUT2D eigenvalue weighted by Crippen LogP contribution is 2.14. The summed E-state index contributed by atoms with van der Waals surface area (Å²) in [5.41, 5.74) is 0. The third-order valence-electron chi connectivity index (χ3n) is 11.7. The summed E-state index contributed by atoms with van der Waals surface area (Å²) in [6, 6.07) is -0.734. The molecule has 0 aromatic heterocycles. The Bertz CT molecular complexity index is 1230. The number of quaternary nitrogens is 1. The quantitative estimate of drug-likeness (QED) is 0.0197. The predicted octanol–water partition coefficient (Wildman–Crippen LogP) is 14.0. The number of carbonyl (C=O) groups excluding carboxylic acids is 3. The first kappa shape index (κ1) is 61.0. The fourth-order valence-corrected chi connectivity index (χ4v) is 7.57. The molecule has 0 aromatic rings. The number of aliphatic carboxylic acids is 1. The van der Waals surface area contributed by atoms with Crippen LogP contribution >= 0.6 is 0 Å². The van der Waals surface area contributed by atoms with Gasteiger partial charge in [-0.1, -0.05) is 197 Å². The van der Waals surface area contributed by atoms with E-state index in [9.17, 15) is 19.5 Å². The fourth-order valence-electron chi connectivity index (χ4n) is 7.57. The number of likely N-dealkylation sites (N-methyl/N-ethyl adjacent to an activating group) is 1. The summed E-state index contributed by atoms with van der Waals surface area (Å²) in [5, 5.41) is 11.7. The van der Waals surface area contributed by atoms with Gasteiger partial charge in [0.25, 0.3) is 0 Å². The van der Waals surface area contributed by atoms with Crippen molar-refractivity contribution >= 4 is 17.9 Å². The van der Waals surface area contributed by atoms with Crippen LogP contribution in [0.4, 0.5) is 0 Å². The molecule has 0 saturated carbocycles. The first-order valence-corrected chi connectivity index (χ1v) is 26.3. The summed E-state index contributed by atoms with van der Waals surface area (Å²) < 4.78 is 17.2. The zero-order chi connectivity index (χ0) is 47.0. The Morgan fingerprint density at radius 1 is 0.484 bits per heavy atom. The molecule has 0 aliphatic carbocycles. The predicted molar refractivity (Wildman–Crippen MR) is 268 cm³/mol. The van der Waals surface area contributed by atoms with E-state index in [0.29, 0.717) is 12.8 Å². The van der Waals surface area contributed by atoms with Gasteiger partial charge in [0.1, 0.15) is 12.6 Å². The molecule has 64 heavy (non-hydrogen) atoms. The summed E-state index contributed by atoms with van der Waals surface area (Å²) in [5.74, 6) is -1.77. The van der Waals surface area contributed by atoms with E-state index in [0.717, 1.165) is 77.0 Å². The molecular formula is C56H99NO7. The van der Waals surface area contributed by atoms with Gasteiger partial charge in [0.2, 0.25) is 0 Å². The van der Waals surface area contributed by atoms with Crippen molar-refractivity contribution in [1.82, 2.24) is 0 Å². The van der Waals surface area contributed by atoms with E-state index in [2.05, 4.69) is 74.6 Å². The van der Waals surface area contributed by atoms with Gasteiger partial charge in [0.15, 0.2) is 6.10 Å². The minimum atomic E-state index is -1.13. The number of hydrogen-bond acceptors (Lipinski definition) is 7. The third kappa shape index (κ3) is 44.2. The van der Waals surface area contributed by atoms with Crippen molar-refractivity contribution in [2.45, 2.75) is 238 Å². The van der Waals surface area contributed by atoms with Crippen LogP contribution in [-0.2, 0) is 28.6 Å². The minimum absolute atomic E-state index is 0.0281. The van der Waals surface area contributed by atoms with E-state index in [1.165, 1.54) is 116 Å². The van der Waals surface area contributed by atoms with Crippen molar-refractivity contribution < 1.29 is 38.2 Å². The third-order valence-corrected chi connectivity index (χ3v) is 11.7. The fraction of sp³-hybridized carbons (Fsp3) is 0.768. The van der Waals surface area contributed by atoms with Crippen LogP contribution < -0.4 is 5.11 Å². The first-order chi connectivity index (χ1) is 31.1. The Hall–Kier alpha value is -2.97. The smallest absolute Gasteiger partial charge is 0.306 e. The average Bonchev–Trinajstić information content (AvgIpc) is 3.26. The SMILES string of the molecule is CCCCCCC/C=C/C=C/C=C/CCCCCCCC(=O)OC(COCCC(C(=O)[O-])[N+](C)(C)C)COC(=O)CCCCCCCCC/C=C/C/C=C/CCCCCCCCCC. The number of carbonyl (C=O) groups is 3. The number of carboxylic acids is 1. The number of esters is 2. The van der Waals surface area contributed by atoms with E-state index in [1.807, 2.05) is 0 Å². The molecule has 0 bridgehead atoms. The monoisotopic (exact) mass is 898 g/mol. The standard InChI is InChI=1S/C56H99NO7/c1-6-8-10-12-14-16-18-20-22-24-26-27-28-29-31-32-34-36-38-40-42-44-46-54(58)63-51-52(50-62-49-48-53(56(60)61)57(3,4)5)64-55(59)47-45-43-41-39-37-35-33-30-25-23-21-19-17-15-13-11-9-7-2/h19,21,23-26,28-30,33,52-53H,6-18,20,22,27,31-32,34-51H2,1-5H3/b21-19+,25-23+,26-24+,29-28+,33-30+. The Morgan fingerprint density at radius 2 is 0.891 bits per heavy atom. The lowest BCUT2D eigenvalue weighted by molar-refractivity contribution is -0.889. The van der Waals surface area contributed by atoms with Crippen LogP contribution in [0.3, 0.4) is 0 Å². The molecule has 8 heteroatoms. The van der Waals surface area contributed by atoms with Gasteiger partial charge in [-0.2, -0.15) is 0 Å². The van der Waals surface area contributed by atoms with Crippen molar-refractivity contribution in [3.05, 3.63) is 60.8 Å². The molecule has 0 spiro atoms. The van der Waals surface area contributed by atoms with Crippen LogP contribution in [0.1, 0.15) is 226 Å². The van der Waals surface area contributed by atoms with Gasteiger partial charge >= 0.3 is 11.9 Å². The molecule has 370 valence electrons. The van der Waals surface area contributed by atoms with E-state index < -0.39 is 18.1 Å². The molecule has 0 rings (SSSR count). The number of allylic oxidation sites excluding steroid dienone is 10. The number of hydrogen-bond donors (Lipinski definition) is 0. The van der Waals surface area contributed by atoms with Gasteiger partial charge in [-0.15, -0.1) is 0 Å². The second kappa shape index (κ2) is 46.6. The molecule has 0 fully saturated rings. The largest absolute Gasteiger partial charge is 0.544 e. The van der Waals surface area contributed by atoms with Gasteiger partial charge in [-0.05, 0) is 70.6 Å². The molecular weight excluding hydrogens is 799 g/mol. The molecule has 2 atom stereocenters. The number of ether oxygens (including phenoxy) is 3. The van der Waals surface area contributed by atoms with Crippen molar-refractivity contribution in [3.8, 4) is 0 Å². The zero-order valence-corrected chi connectivity index (χ0v) is 42.2. The summed E-state index contributed by atoms with van der Waals surface area (Å²) in [6.07, 6.45) is 58.2. The lowest BCUT2D eigenvalue weighted by Crippen LogP contribution is -2.55. The second-order valence-electron chi connectivity index (χ2n) is 18.8. The summed E-state index contributed by atoms with van der Waals surface area (Å²) in [6.45, 7) is 4.63. The Kier molecular flexibility index (Phi) is 44.4. The highest BCUT2D eigenvalue weighted by atomic mass is 16.6. The summed E-state index contributed by atoms with van der Waals surface area (Å²) in [7, 11) is 5.40. The average molecular weight is 898 g/mol. The molecule has 0 aromatic carbocycles. The van der Waals surface area contributed by atoms with Gasteiger partial charge in [-0.25, -0.2) is 0 Å². The number of rotatable bonds is 47. The Morgan fingerprint density at radius 3 is 1.33 bits per heavy atom. The molecule has 0 heterocycles. The second-order valence-corrected chi connectivity index (χ2v) is 18.8. The maximum Gasteiger partial charge on any atom is 0.306 e. The highest BCUT2D eigenvalue weighted by Gasteiger charge is 2.25. The van der Waals surface area contributed by atoms with Crippen molar-refractivity contribution in [2.75, 3.05) is 41.0 Å². The molecule has 0 saturated heterocycles. The van der Waals surface area contributed by atoms with E-state index in [1.54, 1.807) is 21.1 Å². The minimum Gasteiger partial charge on any atom is -0.544 e. The van der Waals surface area contributed by atoms with Gasteiger partial charge in [0.05, 0.1) is 40.3 Å². The van der Waals surface area contributed by atoms with Gasteiger partial charge < -0.3 is 28.6 Å². The van der Waals surface area contributed by atoms with Crippen LogP contribution in [0.25, 0.3) is 0 Å². The number of nitrogens with zero attached hydrogens (tertiary/aromatic N) is 1. The first-order valence-electron chi connectivity index (χ1n) is 26.3. The lowest BCUT2D eigenvalue weighted by atomic mass is 10.1. The topological polar surface area (TPSA) is 102 Å². The van der Waals surface area contributed by atoms with E-state index in [4.69, 9.17) is 14.2 Å². The van der Waals surface area contributed by atoms with E-state index >= 15 is 0 Å². The van der Waals surface area contributed by atoms with Crippen molar-refractivity contribution in [1.29, 1.82) is 0 Å². The Balaban J connectivity index is 4.29. The normalized spacial score (nSPS) is 13.3. The molecule has 0 radical (unpaired) electrons. The van der Waals surface area contributed by atoms with Crippen LogP contribution in [0.2, 0.25) is 0 Å². The summed E-state index contributed by atoms with van der Waals surface area (Å²) >= 11 is 0. The highest BCUT2D eigenvalue weighted by molar-refractivity contribution is 5.70. The van der Waals surface area contributed by atoms with Crippen molar-refractivity contribution in [2.24, 2.45) is 0 Å². The molecule has 2 unspecified atom stereocenters. The van der Waals surface area contributed by atoms with Crippen LogP contribution in [-0.4, -0.2) is 75.5 Å². The maximum absolute atomic E-state index is 12.8. The van der Waals surface area contributed by atoms with Gasteiger partial charge in [-0.3, -0.25) is 9.59 Å². The van der Waals surface area contributed by atoms with Gasteiger partial charge in [0, 0.05) is 19.3 Å². The maximum atomic E-state index is 12.8. The lowest BCUT2D eigenvalue weighted by Gasteiger charge is -2.34. The molecule has 8 nitrogen and oxygen atoms in total. The molecule has 0 amide bonds. The Labute approximate surface area is 394 Å². The number of unbranched alkanes of at least 4 members (excludes halogenated alkanes) is 25. The molecule has 0 aliphatic heterocycles. The van der Waals surface area contributed by atoms with E-state index in [-0.39, 0.29) is 42.7 Å². The van der Waals surface area contributed by atoms with Crippen molar-refractivity contribution in [3.63, 3.8) is 0 Å². The van der Waals surface area contributed by atoms with Crippen LogP contribution in [0, 0.1) is 0 Å². The van der Waals surface area contributed by atoms with Crippen LogP contribution in [0.15, 0.2) is 60.8 Å². The molecule has 0 aliphatic rings.